The van der Waals surface area contributed by atoms with Crippen LogP contribution in [0, 0.1) is 6.92 Å². The third-order valence-corrected chi connectivity index (χ3v) is 3.61. The zero-order valence-electron chi connectivity index (χ0n) is 15.2. The highest BCUT2D eigenvalue weighted by Crippen LogP contribution is 2.27. The Labute approximate surface area is 153 Å². The Balaban J connectivity index is 1.70. The molecule has 0 aliphatic carbocycles. The Kier molecular flexibility index (Phi) is 5.63. The molecule has 2 N–H and O–H groups in total. The lowest BCUT2D eigenvalue weighted by atomic mass is 10.1. The van der Waals surface area contributed by atoms with Crippen molar-refractivity contribution in [3.63, 3.8) is 0 Å². The standard InChI is InChI=1S/C20H23N5O/c1-14(2)26-18-10-5-4-9-17(18)23-20-24-19(13-22-25-20)21-12-16-8-6-7-15(3)11-16/h4-11,13-14H,12H2,1-3H3,(H2,21,23,24,25). The van der Waals surface area contributed by atoms with Gasteiger partial charge in [-0.1, -0.05) is 42.0 Å². The number of aryl methyl sites for hydroxylation is 1. The first kappa shape index (κ1) is 17.7. The zero-order valence-corrected chi connectivity index (χ0v) is 15.2. The molecule has 0 spiro atoms. The molecule has 0 atom stereocenters. The van der Waals surface area contributed by atoms with Gasteiger partial charge in [0.15, 0.2) is 5.82 Å². The summed E-state index contributed by atoms with van der Waals surface area (Å²) in [6, 6.07) is 16.0. The van der Waals surface area contributed by atoms with Crippen LogP contribution in [0.2, 0.25) is 0 Å². The molecule has 0 fully saturated rings. The van der Waals surface area contributed by atoms with Crippen LogP contribution in [0.4, 0.5) is 17.5 Å². The van der Waals surface area contributed by atoms with Gasteiger partial charge in [0.25, 0.3) is 0 Å². The number of benzene rings is 2. The summed E-state index contributed by atoms with van der Waals surface area (Å²) in [5, 5.41) is 14.5. The monoisotopic (exact) mass is 349 g/mol. The van der Waals surface area contributed by atoms with E-state index in [0.717, 1.165) is 11.4 Å². The van der Waals surface area contributed by atoms with Crippen molar-refractivity contribution in [2.45, 2.75) is 33.4 Å². The van der Waals surface area contributed by atoms with E-state index in [4.69, 9.17) is 4.74 Å². The van der Waals surface area contributed by atoms with Crippen molar-refractivity contribution in [2.24, 2.45) is 0 Å². The fraction of sp³-hybridized carbons (Fsp3) is 0.250. The predicted octanol–water partition coefficient (Wildman–Crippen LogP) is 4.32. The average molecular weight is 349 g/mol. The first-order valence-corrected chi connectivity index (χ1v) is 8.62. The van der Waals surface area contributed by atoms with Gasteiger partial charge < -0.3 is 15.4 Å². The Hall–Kier alpha value is -3.15. The van der Waals surface area contributed by atoms with Crippen LogP contribution in [-0.2, 0) is 6.54 Å². The number of rotatable bonds is 7. The summed E-state index contributed by atoms with van der Waals surface area (Å²) < 4.78 is 5.81. The van der Waals surface area contributed by atoms with Crippen molar-refractivity contribution in [1.82, 2.24) is 15.2 Å². The maximum atomic E-state index is 5.81. The van der Waals surface area contributed by atoms with Gasteiger partial charge in [-0.25, -0.2) is 0 Å². The number of nitrogens with zero attached hydrogens (tertiary/aromatic N) is 3. The quantitative estimate of drug-likeness (QED) is 0.662. The SMILES string of the molecule is Cc1cccc(CNc2cnnc(Nc3ccccc3OC(C)C)n2)c1. The molecule has 0 unspecified atom stereocenters. The Morgan fingerprint density at radius 2 is 1.92 bits per heavy atom. The van der Waals surface area contributed by atoms with Crippen molar-refractivity contribution in [1.29, 1.82) is 0 Å². The molecule has 3 rings (SSSR count). The molecule has 0 aliphatic rings. The number of nitrogens with one attached hydrogen (secondary N) is 2. The molecule has 1 heterocycles. The van der Waals surface area contributed by atoms with E-state index in [2.05, 4.69) is 50.9 Å². The summed E-state index contributed by atoms with van der Waals surface area (Å²) in [7, 11) is 0. The summed E-state index contributed by atoms with van der Waals surface area (Å²) in [6.07, 6.45) is 1.69. The van der Waals surface area contributed by atoms with Crippen molar-refractivity contribution >= 4 is 17.5 Å². The zero-order chi connectivity index (χ0) is 18.4. The summed E-state index contributed by atoms with van der Waals surface area (Å²) in [6.45, 7) is 6.73. The number of hydrogen-bond acceptors (Lipinski definition) is 6. The maximum absolute atomic E-state index is 5.81. The van der Waals surface area contributed by atoms with E-state index in [0.29, 0.717) is 18.3 Å². The lowest BCUT2D eigenvalue weighted by molar-refractivity contribution is 0.244. The molecule has 0 bridgehead atoms. The van der Waals surface area contributed by atoms with Crippen LogP contribution in [0.5, 0.6) is 5.75 Å². The molecular formula is C20H23N5O. The van der Waals surface area contributed by atoms with Crippen molar-refractivity contribution < 1.29 is 4.74 Å². The van der Waals surface area contributed by atoms with E-state index in [9.17, 15) is 0 Å². The van der Waals surface area contributed by atoms with Crippen molar-refractivity contribution in [3.8, 4) is 5.75 Å². The molecule has 0 saturated carbocycles. The minimum atomic E-state index is 0.0827. The number of aromatic nitrogens is 3. The van der Waals surface area contributed by atoms with E-state index < -0.39 is 0 Å². The second-order valence-corrected chi connectivity index (χ2v) is 6.30. The topological polar surface area (TPSA) is 72.0 Å². The van der Waals surface area contributed by atoms with Crippen LogP contribution in [0.1, 0.15) is 25.0 Å². The molecule has 3 aromatic rings. The van der Waals surface area contributed by atoms with Crippen LogP contribution in [0.15, 0.2) is 54.7 Å². The molecule has 134 valence electrons. The second kappa shape index (κ2) is 8.29. The van der Waals surface area contributed by atoms with E-state index in [1.807, 2.05) is 44.2 Å². The highest BCUT2D eigenvalue weighted by Gasteiger charge is 2.08. The first-order chi connectivity index (χ1) is 12.6. The predicted molar refractivity (Wildman–Crippen MR) is 104 cm³/mol. The van der Waals surface area contributed by atoms with Gasteiger partial charge in [0.2, 0.25) is 5.95 Å². The van der Waals surface area contributed by atoms with Crippen molar-refractivity contribution in [2.75, 3.05) is 10.6 Å². The Bertz CT molecular complexity index is 866. The molecule has 0 saturated heterocycles. The number of hydrogen-bond donors (Lipinski definition) is 2. The molecule has 0 aliphatic heterocycles. The first-order valence-electron chi connectivity index (χ1n) is 8.62. The van der Waals surface area contributed by atoms with Gasteiger partial charge in [-0.05, 0) is 38.5 Å². The summed E-state index contributed by atoms with van der Waals surface area (Å²) in [5.41, 5.74) is 3.22. The second-order valence-electron chi connectivity index (χ2n) is 6.30. The van der Waals surface area contributed by atoms with Gasteiger partial charge in [-0.15, -0.1) is 5.10 Å². The summed E-state index contributed by atoms with van der Waals surface area (Å²) in [4.78, 5) is 4.47. The highest BCUT2D eigenvalue weighted by molar-refractivity contribution is 5.62. The molecular weight excluding hydrogens is 326 g/mol. The van der Waals surface area contributed by atoms with E-state index in [1.165, 1.54) is 11.1 Å². The summed E-state index contributed by atoms with van der Waals surface area (Å²) >= 11 is 0. The lowest BCUT2D eigenvalue weighted by Gasteiger charge is -2.14. The number of ether oxygens (including phenoxy) is 1. The highest BCUT2D eigenvalue weighted by atomic mass is 16.5. The van der Waals surface area contributed by atoms with E-state index in [-0.39, 0.29) is 6.10 Å². The van der Waals surface area contributed by atoms with Gasteiger partial charge in [-0.3, -0.25) is 0 Å². The van der Waals surface area contributed by atoms with Crippen molar-refractivity contribution in [3.05, 3.63) is 65.9 Å². The van der Waals surface area contributed by atoms with Gasteiger partial charge in [0.05, 0.1) is 18.0 Å². The molecule has 6 nitrogen and oxygen atoms in total. The normalized spacial score (nSPS) is 10.6. The molecule has 2 aromatic carbocycles. The fourth-order valence-corrected chi connectivity index (χ4v) is 2.50. The van der Waals surface area contributed by atoms with Crippen LogP contribution in [0.3, 0.4) is 0 Å². The third kappa shape index (κ3) is 4.92. The average Bonchev–Trinajstić information content (AvgIpc) is 2.62. The van der Waals surface area contributed by atoms with E-state index in [1.54, 1.807) is 6.20 Å². The minimum Gasteiger partial charge on any atom is -0.489 e. The molecule has 0 radical (unpaired) electrons. The van der Waals surface area contributed by atoms with Gasteiger partial charge >= 0.3 is 0 Å². The summed E-state index contributed by atoms with van der Waals surface area (Å²) in [5.74, 6) is 1.83. The fourth-order valence-electron chi connectivity index (χ4n) is 2.50. The number of para-hydroxylation sites is 2. The number of anilines is 3. The van der Waals surface area contributed by atoms with Crippen LogP contribution in [0.25, 0.3) is 0 Å². The van der Waals surface area contributed by atoms with Crippen LogP contribution >= 0.6 is 0 Å². The molecule has 6 heteroatoms. The van der Waals surface area contributed by atoms with Crippen LogP contribution in [-0.4, -0.2) is 21.3 Å². The molecule has 0 amide bonds. The minimum absolute atomic E-state index is 0.0827. The van der Waals surface area contributed by atoms with E-state index >= 15 is 0 Å². The Morgan fingerprint density at radius 3 is 2.73 bits per heavy atom. The van der Waals surface area contributed by atoms with Gasteiger partial charge in [0.1, 0.15) is 5.75 Å². The molecule has 26 heavy (non-hydrogen) atoms. The molecule has 1 aromatic heterocycles. The van der Waals surface area contributed by atoms with Gasteiger partial charge in [-0.2, -0.15) is 10.1 Å². The third-order valence-electron chi connectivity index (χ3n) is 3.61. The maximum Gasteiger partial charge on any atom is 0.249 e. The smallest absolute Gasteiger partial charge is 0.249 e. The largest absolute Gasteiger partial charge is 0.489 e. The lowest BCUT2D eigenvalue weighted by Crippen LogP contribution is -2.09. The van der Waals surface area contributed by atoms with Gasteiger partial charge in [0, 0.05) is 6.54 Å². The Morgan fingerprint density at radius 1 is 1.08 bits per heavy atom. The van der Waals surface area contributed by atoms with Crippen LogP contribution < -0.4 is 15.4 Å².